The van der Waals surface area contributed by atoms with Gasteiger partial charge < -0.3 is 20.9 Å². The minimum atomic E-state index is 0. The Bertz CT molecular complexity index is 840. The quantitative estimate of drug-likeness (QED) is 0.296. The fourth-order valence-electron chi connectivity index (χ4n) is 3.67. The molecule has 3 rings (SSSR count). The molecule has 7 heteroatoms. The Labute approximate surface area is 196 Å². The molecule has 2 aromatic rings. The van der Waals surface area contributed by atoms with Crippen molar-refractivity contribution >= 4 is 41.5 Å². The van der Waals surface area contributed by atoms with Crippen molar-refractivity contribution in [1.29, 1.82) is 0 Å². The summed E-state index contributed by atoms with van der Waals surface area (Å²) >= 11 is 0. The number of nitrogens with zero attached hydrogens (tertiary/aromatic N) is 2. The van der Waals surface area contributed by atoms with Crippen LogP contribution in [0.5, 0.6) is 0 Å². The highest BCUT2D eigenvalue weighted by molar-refractivity contribution is 14.0. The van der Waals surface area contributed by atoms with Gasteiger partial charge in [0.2, 0.25) is 5.91 Å². The Morgan fingerprint density at radius 2 is 1.83 bits per heavy atom. The van der Waals surface area contributed by atoms with Crippen molar-refractivity contribution in [3.63, 3.8) is 0 Å². The minimum absolute atomic E-state index is 0. The molecule has 0 aliphatic carbocycles. The zero-order chi connectivity index (χ0) is 20.6. The van der Waals surface area contributed by atoms with E-state index in [1.807, 2.05) is 24.3 Å². The zero-order valence-electron chi connectivity index (χ0n) is 17.9. The van der Waals surface area contributed by atoms with Gasteiger partial charge in [-0.3, -0.25) is 9.79 Å². The smallest absolute Gasteiger partial charge is 0.225 e. The molecule has 1 heterocycles. The monoisotopic (exact) mass is 521 g/mol. The highest BCUT2D eigenvalue weighted by atomic mass is 127. The van der Waals surface area contributed by atoms with Crippen LogP contribution in [0.4, 0.5) is 5.69 Å². The van der Waals surface area contributed by atoms with Gasteiger partial charge in [0.15, 0.2) is 5.96 Å². The molecule has 2 atom stereocenters. The topological polar surface area (TPSA) is 68.8 Å². The van der Waals surface area contributed by atoms with Gasteiger partial charge in [0, 0.05) is 31.1 Å². The standard InChI is InChI=1S/C23H31N5O.HI/c1-4-24-23(26-16-21(28(2)3)17-10-6-5-7-11-17)25-15-18-14-22(29)27-20-13-9-8-12-19(18)20;/h5-13,18,21H,4,14-16H2,1-3H3,(H,27,29)(H2,24,25,26);1H. The lowest BCUT2D eigenvalue weighted by molar-refractivity contribution is -0.116. The number of hydrogen-bond acceptors (Lipinski definition) is 3. The van der Waals surface area contributed by atoms with Crippen LogP contribution in [0.1, 0.15) is 36.4 Å². The molecule has 2 unspecified atom stereocenters. The van der Waals surface area contributed by atoms with E-state index in [2.05, 4.69) is 72.2 Å². The first-order valence-electron chi connectivity index (χ1n) is 10.2. The SMILES string of the molecule is CCNC(=NCC(c1ccccc1)N(C)C)NCC1CC(=O)Nc2ccccc21.I. The Hall–Kier alpha value is -2.13. The molecule has 30 heavy (non-hydrogen) atoms. The third-order valence-electron chi connectivity index (χ3n) is 5.20. The lowest BCUT2D eigenvalue weighted by Crippen LogP contribution is -2.41. The van der Waals surface area contributed by atoms with Gasteiger partial charge in [-0.25, -0.2) is 0 Å². The zero-order valence-corrected chi connectivity index (χ0v) is 20.2. The Morgan fingerprint density at radius 3 is 2.53 bits per heavy atom. The molecule has 0 saturated carbocycles. The maximum Gasteiger partial charge on any atom is 0.225 e. The predicted molar refractivity (Wildman–Crippen MR) is 135 cm³/mol. The van der Waals surface area contributed by atoms with E-state index in [1.165, 1.54) is 11.1 Å². The first-order chi connectivity index (χ1) is 14.1. The average molecular weight is 521 g/mol. The molecule has 3 N–H and O–H groups in total. The number of para-hydroxylation sites is 1. The molecule has 0 fully saturated rings. The van der Waals surface area contributed by atoms with E-state index in [-0.39, 0.29) is 41.8 Å². The Kier molecular flexibility index (Phi) is 9.58. The lowest BCUT2D eigenvalue weighted by atomic mass is 9.90. The van der Waals surface area contributed by atoms with Crippen molar-refractivity contribution in [2.24, 2.45) is 4.99 Å². The van der Waals surface area contributed by atoms with Crippen LogP contribution in [0.15, 0.2) is 59.6 Å². The summed E-state index contributed by atoms with van der Waals surface area (Å²) in [5.74, 6) is 0.968. The van der Waals surface area contributed by atoms with Gasteiger partial charge in [-0.1, -0.05) is 48.5 Å². The third kappa shape index (κ3) is 6.43. The van der Waals surface area contributed by atoms with Gasteiger partial charge in [0.05, 0.1) is 12.6 Å². The number of aliphatic imine (C=N–C) groups is 1. The summed E-state index contributed by atoms with van der Waals surface area (Å²) in [5.41, 5.74) is 3.33. The Balaban J connectivity index is 0.00000320. The second-order valence-corrected chi connectivity index (χ2v) is 7.53. The number of anilines is 1. The molecule has 0 saturated heterocycles. The molecular weight excluding hydrogens is 489 g/mol. The van der Waals surface area contributed by atoms with E-state index in [0.29, 0.717) is 19.5 Å². The predicted octanol–water partition coefficient (Wildman–Crippen LogP) is 3.59. The number of fused-ring (bicyclic) bond motifs is 1. The maximum absolute atomic E-state index is 12.1. The van der Waals surface area contributed by atoms with Crippen LogP contribution in [-0.4, -0.2) is 50.5 Å². The van der Waals surface area contributed by atoms with Crippen molar-refractivity contribution < 1.29 is 4.79 Å². The molecule has 6 nitrogen and oxygen atoms in total. The van der Waals surface area contributed by atoms with Crippen LogP contribution in [0.2, 0.25) is 0 Å². The summed E-state index contributed by atoms with van der Waals surface area (Å²) in [6, 6.07) is 18.6. The average Bonchev–Trinajstić information content (AvgIpc) is 2.72. The van der Waals surface area contributed by atoms with Crippen LogP contribution < -0.4 is 16.0 Å². The third-order valence-corrected chi connectivity index (χ3v) is 5.20. The molecule has 2 aromatic carbocycles. The van der Waals surface area contributed by atoms with Crippen LogP contribution in [0.3, 0.4) is 0 Å². The van der Waals surface area contributed by atoms with Gasteiger partial charge in [-0.05, 0) is 38.2 Å². The first-order valence-corrected chi connectivity index (χ1v) is 10.2. The van der Waals surface area contributed by atoms with E-state index >= 15 is 0 Å². The van der Waals surface area contributed by atoms with Crippen molar-refractivity contribution in [1.82, 2.24) is 15.5 Å². The second kappa shape index (κ2) is 11.9. The van der Waals surface area contributed by atoms with Gasteiger partial charge in [0.1, 0.15) is 0 Å². The minimum Gasteiger partial charge on any atom is -0.357 e. The van der Waals surface area contributed by atoms with Crippen molar-refractivity contribution in [2.45, 2.75) is 25.3 Å². The second-order valence-electron chi connectivity index (χ2n) is 7.53. The Morgan fingerprint density at radius 1 is 1.13 bits per heavy atom. The van der Waals surface area contributed by atoms with E-state index in [9.17, 15) is 4.79 Å². The number of nitrogens with one attached hydrogen (secondary N) is 3. The van der Waals surface area contributed by atoms with Crippen LogP contribution >= 0.6 is 24.0 Å². The number of carbonyl (C=O) groups excluding carboxylic acids is 1. The number of halogens is 1. The summed E-state index contributed by atoms with van der Waals surface area (Å²) in [5, 5.41) is 9.72. The van der Waals surface area contributed by atoms with Gasteiger partial charge >= 0.3 is 0 Å². The number of likely N-dealkylation sites (N-methyl/N-ethyl adjacent to an activating group) is 1. The van der Waals surface area contributed by atoms with Crippen LogP contribution in [0, 0.1) is 0 Å². The highest BCUT2D eigenvalue weighted by Gasteiger charge is 2.24. The van der Waals surface area contributed by atoms with Gasteiger partial charge in [0.25, 0.3) is 0 Å². The molecular formula is C23H32IN5O. The van der Waals surface area contributed by atoms with Gasteiger partial charge in [-0.15, -0.1) is 24.0 Å². The molecule has 0 radical (unpaired) electrons. The summed E-state index contributed by atoms with van der Waals surface area (Å²) in [6.07, 6.45) is 0.480. The molecule has 0 bridgehead atoms. The number of benzene rings is 2. The number of carbonyl (C=O) groups is 1. The number of guanidine groups is 1. The molecule has 1 amide bonds. The summed E-state index contributed by atoms with van der Waals surface area (Å²) < 4.78 is 0. The summed E-state index contributed by atoms with van der Waals surface area (Å²) in [4.78, 5) is 19.1. The highest BCUT2D eigenvalue weighted by Crippen LogP contribution is 2.31. The summed E-state index contributed by atoms with van der Waals surface area (Å²) in [6.45, 7) is 4.15. The summed E-state index contributed by atoms with van der Waals surface area (Å²) in [7, 11) is 4.15. The van der Waals surface area contributed by atoms with E-state index < -0.39 is 0 Å². The lowest BCUT2D eigenvalue weighted by Gasteiger charge is -2.27. The van der Waals surface area contributed by atoms with Crippen molar-refractivity contribution in [3.8, 4) is 0 Å². The van der Waals surface area contributed by atoms with E-state index in [4.69, 9.17) is 4.99 Å². The molecule has 162 valence electrons. The van der Waals surface area contributed by atoms with E-state index in [0.717, 1.165) is 18.2 Å². The van der Waals surface area contributed by atoms with E-state index in [1.54, 1.807) is 0 Å². The maximum atomic E-state index is 12.1. The van der Waals surface area contributed by atoms with Crippen LogP contribution in [0.25, 0.3) is 0 Å². The molecule has 1 aliphatic heterocycles. The van der Waals surface area contributed by atoms with Gasteiger partial charge in [-0.2, -0.15) is 0 Å². The normalized spacial score (nSPS) is 16.9. The first kappa shape index (κ1) is 24.1. The molecule has 1 aliphatic rings. The largest absolute Gasteiger partial charge is 0.357 e. The number of rotatable bonds is 7. The fraction of sp³-hybridized carbons (Fsp3) is 0.391. The van der Waals surface area contributed by atoms with Crippen molar-refractivity contribution in [2.75, 3.05) is 39.0 Å². The molecule has 0 spiro atoms. The van der Waals surface area contributed by atoms with Crippen LogP contribution in [-0.2, 0) is 4.79 Å². The molecule has 0 aromatic heterocycles. The fourth-order valence-corrected chi connectivity index (χ4v) is 3.67. The number of hydrogen-bond donors (Lipinski definition) is 3. The van der Waals surface area contributed by atoms with Crippen molar-refractivity contribution in [3.05, 3.63) is 65.7 Å². The number of amides is 1.